The molecule has 4 heteroatoms. The molecule has 0 saturated heterocycles. The van der Waals surface area contributed by atoms with Gasteiger partial charge in [0.1, 0.15) is 5.70 Å². The summed E-state index contributed by atoms with van der Waals surface area (Å²) in [5, 5.41) is 4.99. The molecule has 2 rings (SSSR count). The highest BCUT2D eigenvalue weighted by Gasteiger charge is 2.08. The number of primary amides is 1. The monoisotopic (exact) mass is 187 g/mol. The Morgan fingerprint density at radius 1 is 1.43 bits per heavy atom. The molecule has 0 saturated carbocycles. The van der Waals surface area contributed by atoms with Crippen molar-refractivity contribution < 1.29 is 4.79 Å². The molecule has 2 N–H and O–H groups in total. The minimum absolute atomic E-state index is 0.172. The van der Waals surface area contributed by atoms with E-state index in [2.05, 4.69) is 11.7 Å². The van der Waals surface area contributed by atoms with Gasteiger partial charge in [-0.3, -0.25) is 4.79 Å². The van der Waals surface area contributed by atoms with Crippen molar-refractivity contribution >= 4 is 22.5 Å². The lowest BCUT2D eigenvalue weighted by Gasteiger charge is -2.01. The highest BCUT2D eigenvalue weighted by Crippen LogP contribution is 2.15. The smallest absolute Gasteiger partial charge is 0.266 e. The Balaban J connectivity index is 2.64. The number of fused-ring (bicyclic) bond motifs is 1. The summed E-state index contributed by atoms with van der Waals surface area (Å²) >= 11 is 0. The highest BCUT2D eigenvalue weighted by molar-refractivity contribution is 6.13. The van der Waals surface area contributed by atoms with Crippen LogP contribution in [0.5, 0.6) is 0 Å². The van der Waals surface area contributed by atoms with E-state index in [1.165, 1.54) is 4.68 Å². The van der Waals surface area contributed by atoms with Crippen molar-refractivity contribution in [2.75, 3.05) is 0 Å². The third-order valence-corrected chi connectivity index (χ3v) is 2.02. The maximum absolute atomic E-state index is 10.9. The normalized spacial score (nSPS) is 10.3. The van der Waals surface area contributed by atoms with E-state index in [4.69, 9.17) is 5.73 Å². The fourth-order valence-electron chi connectivity index (χ4n) is 1.29. The van der Waals surface area contributed by atoms with Gasteiger partial charge >= 0.3 is 0 Å². The summed E-state index contributed by atoms with van der Waals surface area (Å²) in [6.45, 7) is 3.57. The highest BCUT2D eigenvalue weighted by atomic mass is 16.1. The summed E-state index contributed by atoms with van der Waals surface area (Å²) in [6.07, 6.45) is 1.67. The van der Waals surface area contributed by atoms with Gasteiger partial charge in [-0.05, 0) is 6.07 Å². The first-order valence-electron chi connectivity index (χ1n) is 4.12. The van der Waals surface area contributed by atoms with Gasteiger partial charge in [-0.15, -0.1) is 0 Å². The Morgan fingerprint density at radius 3 is 2.86 bits per heavy atom. The first-order chi connectivity index (χ1) is 6.70. The number of benzene rings is 1. The molecule has 2 aromatic rings. The Hall–Kier alpha value is -2.10. The second-order valence-electron chi connectivity index (χ2n) is 2.93. The molecule has 0 fully saturated rings. The number of rotatable bonds is 2. The van der Waals surface area contributed by atoms with Crippen LogP contribution in [-0.2, 0) is 4.79 Å². The van der Waals surface area contributed by atoms with Crippen molar-refractivity contribution in [3.63, 3.8) is 0 Å². The molecule has 4 nitrogen and oxygen atoms in total. The predicted molar refractivity (Wildman–Crippen MR) is 54.3 cm³/mol. The van der Waals surface area contributed by atoms with E-state index in [-0.39, 0.29) is 5.70 Å². The quantitative estimate of drug-likeness (QED) is 0.713. The molecule has 0 bridgehead atoms. The summed E-state index contributed by atoms with van der Waals surface area (Å²) < 4.78 is 1.44. The lowest BCUT2D eigenvalue weighted by atomic mass is 10.2. The van der Waals surface area contributed by atoms with Crippen molar-refractivity contribution in [1.29, 1.82) is 0 Å². The molecule has 0 radical (unpaired) electrons. The van der Waals surface area contributed by atoms with Crippen LogP contribution in [0.25, 0.3) is 16.6 Å². The molecule has 14 heavy (non-hydrogen) atoms. The predicted octanol–water partition coefficient (Wildman–Crippen LogP) is 0.992. The van der Waals surface area contributed by atoms with Crippen LogP contribution in [0.15, 0.2) is 37.0 Å². The zero-order valence-corrected chi connectivity index (χ0v) is 7.47. The van der Waals surface area contributed by atoms with Crippen molar-refractivity contribution in [2.24, 2.45) is 5.73 Å². The number of hydrogen-bond acceptors (Lipinski definition) is 2. The molecule has 0 aliphatic carbocycles. The van der Waals surface area contributed by atoms with Crippen LogP contribution in [0.4, 0.5) is 0 Å². The van der Waals surface area contributed by atoms with E-state index in [0.717, 1.165) is 10.9 Å². The van der Waals surface area contributed by atoms with Crippen LogP contribution >= 0.6 is 0 Å². The molecule has 1 heterocycles. The van der Waals surface area contributed by atoms with Crippen LogP contribution in [0.3, 0.4) is 0 Å². The van der Waals surface area contributed by atoms with Gasteiger partial charge in [0.05, 0.1) is 11.7 Å². The molecule has 0 aliphatic rings. The Bertz CT molecular complexity index is 513. The van der Waals surface area contributed by atoms with Crippen molar-refractivity contribution in [2.45, 2.75) is 0 Å². The van der Waals surface area contributed by atoms with Crippen molar-refractivity contribution in [1.82, 2.24) is 9.78 Å². The van der Waals surface area contributed by atoms with Gasteiger partial charge < -0.3 is 5.73 Å². The Kier molecular flexibility index (Phi) is 1.81. The lowest BCUT2D eigenvalue weighted by molar-refractivity contribution is -0.113. The maximum Gasteiger partial charge on any atom is 0.266 e. The molecular formula is C10H9N3O. The molecule has 1 amide bonds. The summed E-state index contributed by atoms with van der Waals surface area (Å²) in [4.78, 5) is 10.9. The molecule has 1 aromatic heterocycles. The van der Waals surface area contributed by atoms with E-state index in [1.54, 1.807) is 6.20 Å². The van der Waals surface area contributed by atoms with Gasteiger partial charge in [0.15, 0.2) is 0 Å². The van der Waals surface area contributed by atoms with E-state index in [1.807, 2.05) is 24.3 Å². The third kappa shape index (κ3) is 1.17. The van der Waals surface area contributed by atoms with Crippen molar-refractivity contribution in [3.05, 3.63) is 37.0 Å². The maximum atomic E-state index is 10.9. The zero-order chi connectivity index (χ0) is 10.1. The zero-order valence-electron chi connectivity index (χ0n) is 7.47. The third-order valence-electron chi connectivity index (χ3n) is 2.02. The van der Waals surface area contributed by atoms with E-state index in [9.17, 15) is 4.79 Å². The van der Waals surface area contributed by atoms with Crippen LogP contribution in [0.2, 0.25) is 0 Å². The van der Waals surface area contributed by atoms with Crippen molar-refractivity contribution in [3.8, 4) is 0 Å². The summed E-state index contributed by atoms with van der Waals surface area (Å²) in [6, 6.07) is 7.54. The lowest BCUT2D eigenvalue weighted by Crippen LogP contribution is -2.17. The second-order valence-corrected chi connectivity index (χ2v) is 2.93. The van der Waals surface area contributed by atoms with Gasteiger partial charge in [-0.1, -0.05) is 24.8 Å². The van der Waals surface area contributed by atoms with E-state index < -0.39 is 5.91 Å². The topological polar surface area (TPSA) is 60.9 Å². The fourth-order valence-corrected chi connectivity index (χ4v) is 1.29. The van der Waals surface area contributed by atoms with Gasteiger partial charge in [-0.25, -0.2) is 4.68 Å². The number of nitrogens with two attached hydrogens (primary N) is 1. The number of para-hydroxylation sites is 1. The minimum Gasteiger partial charge on any atom is -0.364 e. The number of amides is 1. The summed E-state index contributed by atoms with van der Waals surface area (Å²) in [5.74, 6) is -0.571. The van der Waals surface area contributed by atoms with Crippen LogP contribution < -0.4 is 5.73 Å². The first kappa shape index (κ1) is 8.50. The summed E-state index contributed by atoms with van der Waals surface area (Å²) in [7, 11) is 0. The molecule has 0 atom stereocenters. The second kappa shape index (κ2) is 2.99. The van der Waals surface area contributed by atoms with Crippen LogP contribution in [0.1, 0.15) is 0 Å². The average molecular weight is 187 g/mol. The Labute approximate surface area is 80.6 Å². The largest absolute Gasteiger partial charge is 0.364 e. The molecule has 1 aromatic carbocycles. The standard InChI is InChI=1S/C10H9N3O/c1-7(10(11)14)13-9-5-3-2-4-8(9)6-12-13/h2-6H,1H2,(H2,11,14). The van der Waals surface area contributed by atoms with Gasteiger partial charge in [0.2, 0.25) is 0 Å². The molecule has 70 valence electrons. The average Bonchev–Trinajstić information content (AvgIpc) is 2.60. The van der Waals surface area contributed by atoms with Gasteiger partial charge in [0.25, 0.3) is 5.91 Å². The molecule has 0 aliphatic heterocycles. The van der Waals surface area contributed by atoms with Gasteiger partial charge in [0, 0.05) is 5.39 Å². The number of aromatic nitrogens is 2. The minimum atomic E-state index is -0.571. The number of carbonyl (C=O) groups excluding carboxylic acids is 1. The first-order valence-corrected chi connectivity index (χ1v) is 4.12. The van der Waals surface area contributed by atoms with Crippen LogP contribution in [-0.4, -0.2) is 15.7 Å². The number of nitrogens with zero attached hydrogens (tertiary/aromatic N) is 2. The number of carbonyl (C=O) groups is 1. The Morgan fingerprint density at radius 2 is 2.14 bits per heavy atom. The molecular weight excluding hydrogens is 178 g/mol. The van der Waals surface area contributed by atoms with E-state index in [0.29, 0.717) is 0 Å². The SMILES string of the molecule is C=C(C(N)=O)n1ncc2ccccc21. The fraction of sp³-hybridized carbons (Fsp3) is 0. The number of hydrogen-bond donors (Lipinski definition) is 1. The van der Waals surface area contributed by atoms with Crippen LogP contribution in [0, 0.1) is 0 Å². The molecule has 0 spiro atoms. The van der Waals surface area contributed by atoms with Gasteiger partial charge in [-0.2, -0.15) is 5.10 Å². The van der Waals surface area contributed by atoms with E-state index >= 15 is 0 Å². The summed E-state index contributed by atoms with van der Waals surface area (Å²) in [5.41, 5.74) is 6.12. The molecule has 0 unspecified atom stereocenters.